The van der Waals surface area contributed by atoms with Gasteiger partial charge >= 0.3 is 0 Å². The molecule has 0 saturated carbocycles. The number of nitrogens with one attached hydrogen (secondary N) is 2. The molecule has 0 bridgehead atoms. The van der Waals surface area contributed by atoms with Crippen LogP contribution in [0, 0.1) is 0 Å². The van der Waals surface area contributed by atoms with E-state index < -0.39 is 10.0 Å². The topological polar surface area (TPSA) is 87.7 Å². The van der Waals surface area contributed by atoms with E-state index in [1.165, 1.54) is 11.3 Å². The number of nitrogens with zero attached hydrogens (tertiary/aromatic N) is 2. The maximum atomic E-state index is 12.1. The van der Waals surface area contributed by atoms with E-state index in [-0.39, 0.29) is 10.8 Å². The second-order valence-corrected chi connectivity index (χ2v) is 9.52. The number of hydrogen-bond acceptors (Lipinski definition) is 5. The molecule has 6 nitrogen and oxygen atoms in total. The van der Waals surface area contributed by atoms with Gasteiger partial charge in [-0.2, -0.15) is 5.10 Å². The summed E-state index contributed by atoms with van der Waals surface area (Å²) in [7, 11) is -3.48. The van der Waals surface area contributed by atoms with E-state index in [9.17, 15) is 8.42 Å². The molecule has 0 spiro atoms. The van der Waals surface area contributed by atoms with Crippen LogP contribution < -0.4 is 4.72 Å². The van der Waals surface area contributed by atoms with Gasteiger partial charge in [-0.15, -0.1) is 11.3 Å². The van der Waals surface area contributed by atoms with E-state index in [1.54, 1.807) is 12.1 Å². The zero-order chi connectivity index (χ0) is 17.0. The van der Waals surface area contributed by atoms with Crippen molar-refractivity contribution in [1.29, 1.82) is 0 Å². The average Bonchev–Trinajstić information content (AvgIpc) is 3.18. The van der Waals surface area contributed by atoms with Crippen molar-refractivity contribution >= 4 is 37.3 Å². The first-order valence-electron chi connectivity index (χ1n) is 7.22. The molecule has 0 aliphatic rings. The van der Waals surface area contributed by atoms with Crippen LogP contribution in [0.1, 0.15) is 17.2 Å². The molecule has 0 atom stereocenters. The van der Waals surface area contributed by atoms with Crippen LogP contribution >= 0.6 is 27.3 Å². The fraction of sp³-hybridized carbons (Fsp3) is 0.200. The summed E-state index contributed by atoms with van der Waals surface area (Å²) in [6, 6.07) is 13.2. The fourth-order valence-electron chi connectivity index (χ4n) is 2.13. The maximum absolute atomic E-state index is 12.1. The Labute approximate surface area is 152 Å². The minimum Gasteiger partial charge on any atom is -0.263 e. The molecule has 3 rings (SSSR count). The zero-order valence-electron chi connectivity index (χ0n) is 12.6. The molecule has 0 aliphatic heterocycles. The third kappa shape index (κ3) is 4.50. The van der Waals surface area contributed by atoms with E-state index in [1.807, 2.05) is 30.3 Å². The predicted molar refractivity (Wildman–Crippen MR) is 96.5 cm³/mol. The fourth-order valence-corrected chi connectivity index (χ4v) is 5.21. The normalized spacial score (nSPS) is 11.7. The SMILES string of the molecule is O=S(=O)(NCCc1n[nH]c(Cc2ccccc2)n1)c1ccc(Br)s1. The van der Waals surface area contributed by atoms with Crippen LogP contribution in [0.2, 0.25) is 0 Å². The lowest BCUT2D eigenvalue weighted by Gasteiger charge is -2.02. The van der Waals surface area contributed by atoms with Crippen molar-refractivity contribution in [1.82, 2.24) is 19.9 Å². The molecule has 0 radical (unpaired) electrons. The van der Waals surface area contributed by atoms with Crippen LogP contribution in [-0.2, 0) is 22.9 Å². The molecule has 24 heavy (non-hydrogen) atoms. The van der Waals surface area contributed by atoms with Crippen LogP contribution in [-0.4, -0.2) is 30.1 Å². The standard InChI is InChI=1S/C15H15BrN4O2S2/c16-12-6-7-15(23-12)24(21,22)17-9-8-13-18-14(20-19-13)10-11-4-2-1-3-5-11/h1-7,17H,8-10H2,(H,18,19,20). The lowest BCUT2D eigenvalue weighted by molar-refractivity contribution is 0.583. The lowest BCUT2D eigenvalue weighted by Crippen LogP contribution is -2.25. The number of halogens is 1. The molecule has 2 N–H and O–H groups in total. The molecule has 0 saturated heterocycles. The summed E-state index contributed by atoms with van der Waals surface area (Å²) in [5, 5.41) is 7.03. The molecule has 0 fully saturated rings. The second kappa shape index (κ2) is 7.56. The monoisotopic (exact) mass is 426 g/mol. The molecule has 0 aliphatic carbocycles. The third-order valence-electron chi connectivity index (χ3n) is 3.25. The zero-order valence-corrected chi connectivity index (χ0v) is 15.8. The van der Waals surface area contributed by atoms with E-state index >= 15 is 0 Å². The average molecular weight is 427 g/mol. The minimum atomic E-state index is -3.48. The lowest BCUT2D eigenvalue weighted by atomic mass is 10.1. The van der Waals surface area contributed by atoms with Crippen LogP contribution in [0.5, 0.6) is 0 Å². The minimum absolute atomic E-state index is 0.250. The summed E-state index contributed by atoms with van der Waals surface area (Å²) in [6.45, 7) is 0.250. The first kappa shape index (κ1) is 17.3. The van der Waals surface area contributed by atoms with Crippen molar-refractivity contribution in [2.24, 2.45) is 0 Å². The largest absolute Gasteiger partial charge is 0.263 e. The number of hydrogen-bond donors (Lipinski definition) is 2. The van der Waals surface area contributed by atoms with Crippen LogP contribution in [0.4, 0.5) is 0 Å². The number of H-pyrrole nitrogens is 1. The summed E-state index contributed by atoms with van der Waals surface area (Å²) < 4.78 is 27.9. The Morgan fingerprint density at radius 1 is 1.17 bits per heavy atom. The Morgan fingerprint density at radius 2 is 1.96 bits per heavy atom. The molecule has 0 amide bonds. The molecule has 126 valence electrons. The highest BCUT2D eigenvalue weighted by molar-refractivity contribution is 9.11. The third-order valence-corrected chi connectivity index (χ3v) is 6.82. The number of sulfonamides is 1. The van der Waals surface area contributed by atoms with E-state index in [4.69, 9.17) is 0 Å². The van der Waals surface area contributed by atoms with Gasteiger partial charge in [0, 0.05) is 19.4 Å². The summed E-state index contributed by atoms with van der Waals surface area (Å²) in [5.74, 6) is 1.36. The highest BCUT2D eigenvalue weighted by atomic mass is 79.9. The highest BCUT2D eigenvalue weighted by Crippen LogP contribution is 2.25. The smallest absolute Gasteiger partial charge is 0.250 e. The van der Waals surface area contributed by atoms with Gasteiger partial charge in [0.2, 0.25) is 10.0 Å². The molecule has 2 heterocycles. The first-order chi connectivity index (χ1) is 11.5. The quantitative estimate of drug-likeness (QED) is 0.607. The van der Waals surface area contributed by atoms with Crippen molar-refractivity contribution in [3.05, 3.63) is 63.5 Å². The van der Waals surface area contributed by atoms with Gasteiger partial charge < -0.3 is 0 Å². The van der Waals surface area contributed by atoms with Gasteiger partial charge in [-0.1, -0.05) is 30.3 Å². The Balaban J connectivity index is 1.54. The first-order valence-corrected chi connectivity index (χ1v) is 10.3. The summed E-state index contributed by atoms with van der Waals surface area (Å²) >= 11 is 4.44. The molecule has 3 aromatic rings. The number of rotatable bonds is 7. The van der Waals surface area contributed by atoms with Crippen molar-refractivity contribution in [3.63, 3.8) is 0 Å². The van der Waals surface area contributed by atoms with Crippen molar-refractivity contribution in [3.8, 4) is 0 Å². The van der Waals surface area contributed by atoms with E-state index in [0.29, 0.717) is 18.7 Å². The van der Waals surface area contributed by atoms with E-state index in [2.05, 4.69) is 35.8 Å². The highest BCUT2D eigenvalue weighted by Gasteiger charge is 2.16. The molecule has 2 aromatic heterocycles. The second-order valence-electron chi connectivity index (χ2n) is 5.07. The summed E-state index contributed by atoms with van der Waals surface area (Å²) in [6.07, 6.45) is 1.10. The number of thiophene rings is 1. The maximum Gasteiger partial charge on any atom is 0.250 e. The number of aromatic nitrogens is 3. The van der Waals surface area contributed by atoms with Gasteiger partial charge in [0.05, 0.1) is 3.79 Å². The van der Waals surface area contributed by atoms with Gasteiger partial charge in [-0.05, 0) is 33.6 Å². The van der Waals surface area contributed by atoms with Crippen molar-refractivity contribution in [2.45, 2.75) is 17.1 Å². The van der Waals surface area contributed by atoms with Crippen molar-refractivity contribution < 1.29 is 8.42 Å². The molecule has 0 unspecified atom stereocenters. The van der Waals surface area contributed by atoms with Gasteiger partial charge in [-0.3, -0.25) is 5.10 Å². The molecular formula is C15H15BrN4O2S2. The van der Waals surface area contributed by atoms with Gasteiger partial charge in [0.25, 0.3) is 0 Å². The van der Waals surface area contributed by atoms with Gasteiger partial charge in [0.1, 0.15) is 10.0 Å². The number of benzene rings is 1. The van der Waals surface area contributed by atoms with Crippen LogP contribution in [0.15, 0.2) is 50.5 Å². The molecule has 9 heteroatoms. The Morgan fingerprint density at radius 3 is 2.67 bits per heavy atom. The van der Waals surface area contributed by atoms with Gasteiger partial charge in [0.15, 0.2) is 5.82 Å². The van der Waals surface area contributed by atoms with Gasteiger partial charge in [-0.25, -0.2) is 18.1 Å². The Hall–Kier alpha value is -1.55. The predicted octanol–water partition coefficient (Wildman–Crippen LogP) is 2.74. The van der Waals surface area contributed by atoms with Crippen LogP contribution in [0.3, 0.4) is 0 Å². The molecular weight excluding hydrogens is 412 g/mol. The Bertz CT molecular complexity index is 906. The van der Waals surface area contributed by atoms with Crippen molar-refractivity contribution in [2.75, 3.05) is 6.54 Å². The summed E-state index contributed by atoms with van der Waals surface area (Å²) in [5.41, 5.74) is 1.14. The summed E-state index contributed by atoms with van der Waals surface area (Å²) in [4.78, 5) is 4.40. The Kier molecular flexibility index (Phi) is 5.44. The number of aromatic amines is 1. The van der Waals surface area contributed by atoms with E-state index in [0.717, 1.165) is 15.2 Å². The molecule has 1 aromatic carbocycles. The van der Waals surface area contributed by atoms with Crippen LogP contribution in [0.25, 0.3) is 0 Å².